The number of esters is 1. The van der Waals surface area contributed by atoms with Crippen molar-refractivity contribution in [1.29, 1.82) is 0 Å². The zero-order valence-electron chi connectivity index (χ0n) is 19.3. The van der Waals surface area contributed by atoms with Crippen molar-refractivity contribution < 1.29 is 24.2 Å². The molecule has 1 aromatic carbocycles. The topological polar surface area (TPSA) is 95.9 Å². The number of likely N-dealkylation sites (tertiary alicyclic amines) is 1. The van der Waals surface area contributed by atoms with E-state index in [-0.39, 0.29) is 48.1 Å². The van der Waals surface area contributed by atoms with Gasteiger partial charge in [0.15, 0.2) is 0 Å². The minimum atomic E-state index is -0.811. The van der Waals surface area contributed by atoms with E-state index in [4.69, 9.17) is 16.3 Å². The highest BCUT2D eigenvalue weighted by atomic mass is 35.5. The third-order valence-electron chi connectivity index (χ3n) is 7.42. The monoisotopic (exact) mass is 494 g/mol. The zero-order valence-corrected chi connectivity index (χ0v) is 20.9. The van der Waals surface area contributed by atoms with E-state index in [9.17, 15) is 19.5 Å². The van der Waals surface area contributed by atoms with Crippen LogP contribution in [0.1, 0.15) is 34.1 Å². The minimum Gasteiger partial charge on any atom is -0.466 e. The number of halogens is 1. The number of hydrogen-bond acceptors (Lipinski definition) is 6. The number of anilines is 1. The molecule has 0 radical (unpaired) electrons. The molecule has 3 aliphatic heterocycles. The summed E-state index contributed by atoms with van der Waals surface area (Å²) in [5, 5.41) is 13.7. The first-order valence-electron chi connectivity index (χ1n) is 11.5. The molecule has 2 amide bonds. The molecule has 2 bridgehead atoms. The molecule has 9 heteroatoms. The Morgan fingerprint density at radius 3 is 2.58 bits per heavy atom. The number of amides is 2. The first-order valence-corrected chi connectivity index (χ1v) is 12.8. The van der Waals surface area contributed by atoms with Gasteiger partial charge in [0, 0.05) is 16.0 Å². The van der Waals surface area contributed by atoms with Gasteiger partial charge in [-0.15, -0.1) is 11.8 Å². The normalized spacial score (nSPS) is 33.4. The minimum absolute atomic E-state index is 0.0459. The summed E-state index contributed by atoms with van der Waals surface area (Å²) in [6.07, 6.45) is 0.738. The van der Waals surface area contributed by atoms with E-state index in [0.29, 0.717) is 10.7 Å². The number of nitrogens with zero attached hydrogens (tertiary/aromatic N) is 1. The van der Waals surface area contributed by atoms with Crippen molar-refractivity contribution in [2.75, 3.05) is 18.5 Å². The molecule has 0 saturated carbocycles. The fourth-order valence-electron chi connectivity index (χ4n) is 5.99. The second-order valence-corrected chi connectivity index (χ2v) is 11.5. The van der Waals surface area contributed by atoms with Crippen LogP contribution < -0.4 is 5.32 Å². The maximum absolute atomic E-state index is 13.9. The molecule has 3 heterocycles. The maximum atomic E-state index is 13.9. The molecule has 0 aromatic heterocycles. The molecule has 4 rings (SSSR count). The molecule has 0 aliphatic carbocycles. The largest absolute Gasteiger partial charge is 0.466 e. The Balaban J connectivity index is 1.78. The van der Waals surface area contributed by atoms with Gasteiger partial charge in [-0.3, -0.25) is 14.4 Å². The quantitative estimate of drug-likeness (QED) is 0.565. The Kier molecular flexibility index (Phi) is 6.73. The Morgan fingerprint density at radius 2 is 2.00 bits per heavy atom. The average molecular weight is 495 g/mol. The molecule has 7 nitrogen and oxygen atoms in total. The third kappa shape index (κ3) is 3.74. The van der Waals surface area contributed by atoms with Gasteiger partial charge in [-0.05, 0) is 49.4 Å². The third-order valence-corrected chi connectivity index (χ3v) is 9.74. The number of benzene rings is 1. The van der Waals surface area contributed by atoms with Crippen LogP contribution in [0.5, 0.6) is 0 Å². The molecule has 180 valence electrons. The highest BCUT2D eigenvalue weighted by molar-refractivity contribution is 8.02. The first-order chi connectivity index (χ1) is 15.7. The van der Waals surface area contributed by atoms with Gasteiger partial charge in [0.2, 0.25) is 11.8 Å². The lowest BCUT2D eigenvalue weighted by atomic mass is 9.66. The van der Waals surface area contributed by atoms with Crippen molar-refractivity contribution in [3.05, 3.63) is 29.3 Å². The Morgan fingerprint density at radius 1 is 1.33 bits per heavy atom. The van der Waals surface area contributed by atoms with Crippen LogP contribution in [0.15, 0.2) is 24.3 Å². The second kappa shape index (κ2) is 9.12. The lowest BCUT2D eigenvalue weighted by molar-refractivity contribution is -0.154. The van der Waals surface area contributed by atoms with Crippen LogP contribution in [0.3, 0.4) is 0 Å². The average Bonchev–Trinajstić information content (AvgIpc) is 3.34. The summed E-state index contributed by atoms with van der Waals surface area (Å²) < 4.78 is 4.60. The van der Waals surface area contributed by atoms with E-state index in [1.165, 1.54) is 0 Å². The fourth-order valence-corrected chi connectivity index (χ4v) is 8.51. The van der Waals surface area contributed by atoms with Gasteiger partial charge < -0.3 is 20.1 Å². The van der Waals surface area contributed by atoms with Gasteiger partial charge in [0.05, 0.1) is 35.8 Å². The molecule has 1 aromatic rings. The van der Waals surface area contributed by atoms with Crippen molar-refractivity contribution in [1.82, 2.24) is 4.90 Å². The number of rotatable bonds is 7. The predicted octanol–water partition coefficient (Wildman–Crippen LogP) is 3.20. The number of nitrogens with one attached hydrogen (secondary N) is 1. The molecule has 7 atom stereocenters. The summed E-state index contributed by atoms with van der Waals surface area (Å²) in [7, 11) is 0. The van der Waals surface area contributed by atoms with Crippen molar-refractivity contribution in [2.24, 2.45) is 23.7 Å². The number of aliphatic hydroxyl groups excluding tert-OH is 1. The summed E-state index contributed by atoms with van der Waals surface area (Å²) in [6.45, 7) is 7.64. The Labute approximate surface area is 203 Å². The van der Waals surface area contributed by atoms with E-state index in [1.54, 1.807) is 47.9 Å². The van der Waals surface area contributed by atoms with Crippen molar-refractivity contribution in [2.45, 2.75) is 56.2 Å². The second-order valence-electron chi connectivity index (χ2n) is 9.54. The molecule has 33 heavy (non-hydrogen) atoms. The molecule has 3 saturated heterocycles. The highest BCUT2D eigenvalue weighted by Gasteiger charge is 2.77. The lowest BCUT2D eigenvalue weighted by Gasteiger charge is -2.40. The number of carbonyl (C=O) groups is 3. The first kappa shape index (κ1) is 24.4. The number of thioether (sulfide) groups is 1. The molecular weight excluding hydrogens is 464 g/mol. The van der Waals surface area contributed by atoms with Gasteiger partial charge in [-0.1, -0.05) is 32.4 Å². The summed E-state index contributed by atoms with van der Waals surface area (Å²) >= 11 is 7.58. The molecule has 1 spiro atoms. The van der Waals surface area contributed by atoms with Crippen LogP contribution in [0.25, 0.3) is 0 Å². The number of ether oxygens (including phenoxy) is 1. The molecule has 3 unspecified atom stereocenters. The molecule has 3 aliphatic rings. The van der Waals surface area contributed by atoms with E-state index in [0.717, 1.165) is 6.42 Å². The number of aliphatic hydroxyl groups is 1. The van der Waals surface area contributed by atoms with E-state index >= 15 is 0 Å². The van der Waals surface area contributed by atoms with Gasteiger partial charge in [0.25, 0.3) is 0 Å². The van der Waals surface area contributed by atoms with Crippen LogP contribution in [0, 0.1) is 23.7 Å². The van der Waals surface area contributed by atoms with Gasteiger partial charge >= 0.3 is 5.97 Å². The van der Waals surface area contributed by atoms with Crippen molar-refractivity contribution in [3.63, 3.8) is 0 Å². The number of fused-ring (bicyclic) bond motifs is 1. The van der Waals surface area contributed by atoms with Crippen LogP contribution in [0.2, 0.25) is 5.02 Å². The Hall–Kier alpha value is -1.77. The van der Waals surface area contributed by atoms with Crippen molar-refractivity contribution in [3.8, 4) is 0 Å². The summed E-state index contributed by atoms with van der Waals surface area (Å²) in [5.41, 5.74) is 0.578. The molecular formula is C24H31ClN2O5S. The number of hydrogen-bond donors (Lipinski definition) is 2. The van der Waals surface area contributed by atoms with Crippen molar-refractivity contribution >= 4 is 46.8 Å². The van der Waals surface area contributed by atoms with Gasteiger partial charge in [0.1, 0.15) is 6.04 Å². The summed E-state index contributed by atoms with van der Waals surface area (Å²) in [4.78, 5) is 42.3. The maximum Gasteiger partial charge on any atom is 0.310 e. The SMILES string of the molecule is CCOC(=O)[C@@H]1[C@H]2C(=O)N([C@@H](CO)C(C)C)C(C(=O)Nc3ccc(Cl)cc3)C23S[C@@H]1CC3C. The van der Waals surface area contributed by atoms with Crippen LogP contribution in [-0.2, 0) is 19.1 Å². The summed E-state index contributed by atoms with van der Waals surface area (Å²) in [6, 6.07) is 5.47. The summed E-state index contributed by atoms with van der Waals surface area (Å²) in [5.74, 6) is -2.17. The van der Waals surface area contributed by atoms with Crippen LogP contribution >= 0.6 is 23.4 Å². The predicted molar refractivity (Wildman–Crippen MR) is 128 cm³/mol. The molecule has 3 fully saturated rings. The number of carbonyl (C=O) groups excluding carboxylic acids is 3. The lowest BCUT2D eigenvalue weighted by Crippen LogP contribution is -2.57. The van der Waals surface area contributed by atoms with E-state index in [1.807, 2.05) is 13.8 Å². The standard InChI is InChI=1S/C24H31ClN2O5S/c1-5-32-23(31)18-17-10-13(4)24(33-17)19(18)22(30)27(16(11-28)12(2)3)20(24)21(29)26-15-8-6-14(25)7-9-15/h6-9,12-13,16-20,28H,5,10-11H2,1-4H3,(H,26,29)/t13?,16-,17+,18-,19-,20?,24?/m0/s1. The zero-order chi connectivity index (χ0) is 24.1. The van der Waals surface area contributed by atoms with E-state index < -0.39 is 28.7 Å². The fraction of sp³-hybridized carbons (Fsp3) is 0.625. The van der Waals surface area contributed by atoms with E-state index in [2.05, 4.69) is 12.2 Å². The van der Waals surface area contributed by atoms with Gasteiger partial charge in [-0.25, -0.2) is 0 Å². The smallest absolute Gasteiger partial charge is 0.310 e. The van der Waals surface area contributed by atoms with Crippen LogP contribution in [-0.4, -0.2) is 63.1 Å². The van der Waals surface area contributed by atoms with Gasteiger partial charge in [-0.2, -0.15) is 0 Å². The molecule has 2 N–H and O–H groups in total. The Bertz CT molecular complexity index is 941. The highest BCUT2D eigenvalue weighted by Crippen LogP contribution is 2.69. The van der Waals surface area contributed by atoms with Crippen LogP contribution in [0.4, 0.5) is 5.69 Å².